The molecule has 28 heavy (non-hydrogen) atoms. The van der Waals surface area contributed by atoms with Gasteiger partial charge in [-0.3, -0.25) is 14.2 Å². The van der Waals surface area contributed by atoms with Gasteiger partial charge in [-0.25, -0.2) is 9.37 Å². The van der Waals surface area contributed by atoms with Gasteiger partial charge in [-0.1, -0.05) is 38.8 Å². The molecule has 0 bridgehead atoms. The number of aromatic nitrogens is 2. The van der Waals surface area contributed by atoms with E-state index in [9.17, 15) is 19.1 Å². The smallest absolute Gasteiger partial charge is 0.298 e. The maximum Gasteiger partial charge on any atom is 0.298 e. The Balaban J connectivity index is 0.000000640. The summed E-state index contributed by atoms with van der Waals surface area (Å²) in [6.07, 6.45) is 2.64. The van der Waals surface area contributed by atoms with Crippen LogP contribution in [0.25, 0.3) is 0 Å². The zero-order chi connectivity index (χ0) is 20.8. The third kappa shape index (κ3) is 4.68. The summed E-state index contributed by atoms with van der Waals surface area (Å²) in [5, 5.41) is 12.6. The number of nitrogens with zero attached hydrogens (tertiary/aromatic N) is 3. The molecule has 2 N–H and O–H groups in total. The van der Waals surface area contributed by atoms with E-state index in [1.165, 1.54) is 23.5 Å². The van der Waals surface area contributed by atoms with Crippen LogP contribution in [0, 0.1) is 12.7 Å². The lowest BCUT2D eigenvalue weighted by Gasteiger charge is -2.12. The maximum absolute atomic E-state index is 13.3. The number of carbonyl (C=O) groups excluding carboxylic acids is 1. The Labute approximate surface area is 163 Å². The number of fused-ring (bicyclic) bond motifs is 1. The molecule has 0 atom stereocenters. The minimum atomic E-state index is -0.665. The van der Waals surface area contributed by atoms with E-state index < -0.39 is 17.2 Å². The number of hydrogen-bond acceptors (Lipinski definition) is 5. The molecule has 3 rings (SSSR count). The van der Waals surface area contributed by atoms with E-state index in [4.69, 9.17) is 0 Å². The van der Waals surface area contributed by atoms with E-state index >= 15 is 0 Å². The molecule has 0 aliphatic carbocycles. The topological polar surface area (TPSA) is 87.5 Å². The first-order valence-corrected chi connectivity index (χ1v) is 9.38. The van der Waals surface area contributed by atoms with Gasteiger partial charge in [0.1, 0.15) is 5.82 Å². The average Bonchev–Trinajstić information content (AvgIpc) is 3.06. The monoisotopic (exact) mass is 390 g/mol. The van der Waals surface area contributed by atoms with E-state index in [2.05, 4.69) is 24.1 Å². The molecule has 1 aromatic heterocycles. The fourth-order valence-electron chi connectivity index (χ4n) is 2.62. The lowest BCUT2D eigenvalue weighted by Crippen LogP contribution is -2.29. The van der Waals surface area contributed by atoms with Gasteiger partial charge in [0.15, 0.2) is 5.69 Å². The lowest BCUT2D eigenvalue weighted by molar-refractivity contribution is 0.0942. The summed E-state index contributed by atoms with van der Waals surface area (Å²) >= 11 is 0. The standard InChI is InChI=1S/C16H17FN4O3.C4H10/c1-9-7-10(3-4-11(9)17)8-18-14(23)12-13(22)15(24)21-6-5-20(2)16(21)19-12;1-3-4-2/h3-4,7,22H,5-6,8H2,1-2H3,(H,18,23);3-4H2,1-2H3. The molecule has 8 heteroatoms. The molecule has 1 amide bonds. The van der Waals surface area contributed by atoms with Gasteiger partial charge in [0.05, 0.1) is 0 Å². The van der Waals surface area contributed by atoms with Gasteiger partial charge in [0.2, 0.25) is 11.7 Å². The maximum atomic E-state index is 13.3. The van der Waals surface area contributed by atoms with Crippen molar-refractivity contribution >= 4 is 11.9 Å². The predicted octanol–water partition coefficient (Wildman–Crippen LogP) is 2.58. The summed E-state index contributed by atoms with van der Waals surface area (Å²) in [7, 11) is 1.76. The summed E-state index contributed by atoms with van der Waals surface area (Å²) in [5.74, 6) is -1.29. The molecule has 0 saturated carbocycles. The Morgan fingerprint density at radius 2 is 1.96 bits per heavy atom. The van der Waals surface area contributed by atoms with Crippen molar-refractivity contribution in [2.75, 3.05) is 18.5 Å². The first-order chi connectivity index (χ1) is 13.3. The molecule has 152 valence electrons. The summed E-state index contributed by atoms with van der Waals surface area (Å²) in [5.41, 5.74) is 0.239. The molecule has 0 unspecified atom stereocenters. The second kappa shape index (κ2) is 9.34. The second-order valence-corrected chi connectivity index (χ2v) is 6.75. The Kier molecular flexibility index (Phi) is 7.14. The van der Waals surface area contributed by atoms with Crippen LogP contribution in [0.2, 0.25) is 0 Å². The van der Waals surface area contributed by atoms with E-state index in [1.54, 1.807) is 31.0 Å². The molecular formula is C20H27FN4O3. The fourth-order valence-corrected chi connectivity index (χ4v) is 2.62. The molecular weight excluding hydrogens is 363 g/mol. The zero-order valence-corrected chi connectivity index (χ0v) is 16.8. The lowest BCUT2D eigenvalue weighted by atomic mass is 10.1. The van der Waals surface area contributed by atoms with Crippen molar-refractivity contribution < 1.29 is 14.3 Å². The summed E-state index contributed by atoms with van der Waals surface area (Å²) < 4.78 is 14.6. The highest BCUT2D eigenvalue weighted by Crippen LogP contribution is 2.19. The first-order valence-electron chi connectivity index (χ1n) is 9.38. The van der Waals surface area contributed by atoms with E-state index in [1.807, 2.05) is 0 Å². The van der Waals surface area contributed by atoms with Gasteiger partial charge in [-0.05, 0) is 24.1 Å². The van der Waals surface area contributed by atoms with Gasteiger partial charge >= 0.3 is 0 Å². The van der Waals surface area contributed by atoms with Crippen LogP contribution in [-0.4, -0.2) is 34.2 Å². The van der Waals surface area contributed by atoms with Gasteiger partial charge in [-0.2, -0.15) is 0 Å². The van der Waals surface area contributed by atoms with Gasteiger partial charge in [-0.15, -0.1) is 0 Å². The van der Waals surface area contributed by atoms with Crippen LogP contribution in [0.4, 0.5) is 10.3 Å². The molecule has 0 fully saturated rings. The summed E-state index contributed by atoms with van der Waals surface area (Å²) in [4.78, 5) is 30.2. The molecule has 1 aliphatic rings. The molecule has 2 aromatic rings. The number of benzene rings is 1. The average molecular weight is 390 g/mol. The third-order valence-corrected chi connectivity index (χ3v) is 4.52. The van der Waals surface area contributed by atoms with Crippen molar-refractivity contribution in [1.82, 2.24) is 14.9 Å². The second-order valence-electron chi connectivity index (χ2n) is 6.75. The van der Waals surface area contributed by atoms with Crippen molar-refractivity contribution in [3.63, 3.8) is 0 Å². The van der Waals surface area contributed by atoms with Crippen LogP contribution in [-0.2, 0) is 13.1 Å². The molecule has 2 heterocycles. The van der Waals surface area contributed by atoms with Gasteiger partial charge in [0, 0.05) is 26.7 Å². The highest BCUT2D eigenvalue weighted by atomic mass is 19.1. The SMILES string of the molecule is CCCC.Cc1cc(CNC(=O)c2nc3n(c(=O)c2O)CCN3C)ccc1F. The number of aryl methyl sites for hydroxylation is 1. The fraction of sp³-hybridized carbons (Fsp3) is 0.450. The van der Waals surface area contributed by atoms with Crippen LogP contribution < -0.4 is 15.8 Å². The van der Waals surface area contributed by atoms with Crippen LogP contribution >= 0.6 is 0 Å². The number of aromatic hydroxyl groups is 1. The van der Waals surface area contributed by atoms with Crippen LogP contribution in [0.15, 0.2) is 23.0 Å². The van der Waals surface area contributed by atoms with Crippen molar-refractivity contribution in [3.05, 3.63) is 51.2 Å². The molecule has 0 saturated heterocycles. The number of likely N-dealkylation sites (N-methyl/N-ethyl adjacent to an activating group) is 1. The Morgan fingerprint density at radius 1 is 1.29 bits per heavy atom. The number of amides is 1. The van der Waals surface area contributed by atoms with Crippen LogP contribution in [0.5, 0.6) is 5.75 Å². The van der Waals surface area contributed by atoms with Crippen molar-refractivity contribution in [2.45, 2.75) is 46.7 Å². The normalized spacial score (nSPS) is 12.2. The van der Waals surface area contributed by atoms with Crippen molar-refractivity contribution in [1.29, 1.82) is 0 Å². The Morgan fingerprint density at radius 3 is 2.57 bits per heavy atom. The van der Waals surface area contributed by atoms with Gasteiger partial charge in [0.25, 0.3) is 11.5 Å². The highest BCUT2D eigenvalue weighted by Gasteiger charge is 2.26. The predicted molar refractivity (Wildman–Crippen MR) is 106 cm³/mol. The Hall–Kier alpha value is -2.90. The van der Waals surface area contributed by atoms with E-state index in [0.29, 0.717) is 30.2 Å². The van der Waals surface area contributed by atoms with E-state index in [0.717, 1.165) is 0 Å². The molecule has 0 spiro atoms. The van der Waals surface area contributed by atoms with Crippen LogP contribution in [0.3, 0.4) is 0 Å². The number of halogens is 1. The number of hydrogen-bond donors (Lipinski definition) is 2. The minimum Gasteiger partial charge on any atom is -0.501 e. The largest absolute Gasteiger partial charge is 0.501 e. The highest BCUT2D eigenvalue weighted by molar-refractivity contribution is 5.95. The number of carbonyl (C=O) groups is 1. The number of anilines is 1. The molecule has 1 aliphatic heterocycles. The molecule has 0 radical (unpaired) electrons. The number of unbranched alkanes of at least 4 members (excludes halogenated alkanes) is 1. The molecule has 7 nitrogen and oxygen atoms in total. The summed E-state index contributed by atoms with van der Waals surface area (Å²) in [6.45, 7) is 7.13. The van der Waals surface area contributed by atoms with Crippen LogP contribution in [0.1, 0.15) is 48.3 Å². The Bertz CT molecular complexity index is 909. The van der Waals surface area contributed by atoms with Crippen molar-refractivity contribution in [2.24, 2.45) is 0 Å². The van der Waals surface area contributed by atoms with E-state index in [-0.39, 0.29) is 18.1 Å². The third-order valence-electron chi connectivity index (χ3n) is 4.52. The minimum absolute atomic E-state index is 0.134. The van der Waals surface area contributed by atoms with Gasteiger partial charge < -0.3 is 15.3 Å². The number of nitrogens with one attached hydrogen (secondary N) is 1. The van der Waals surface area contributed by atoms with Crippen molar-refractivity contribution in [3.8, 4) is 5.75 Å². The number of rotatable bonds is 4. The molecule has 1 aromatic carbocycles. The summed E-state index contributed by atoms with van der Waals surface area (Å²) in [6, 6.07) is 4.50. The first kappa shape index (κ1) is 21.4. The quantitative estimate of drug-likeness (QED) is 0.838. The zero-order valence-electron chi connectivity index (χ0n) is 16.8.